The Hall–Kier alpha value is -3.63. The normalized spacial score (nSPS) is 10.7. The molecule has 2 aromatic heterocycles. The molecule has 0 unspecified atom stereocenters. The van der Waals surface area contributed by atoms with Crippen LogP contribution in [0.1, 0.15) is 11.1 Å². The maximum atomic E-state index is 11.5. The van der Waals surface area contributed by atoms with Gasteiger partial charge in [0.1, 0.15) is 23.8 Å². The summed E-state index contributed by atoms with van der Waals surface area (Å²) < 4.78 is 5.76. The number of nitrogens with zero attached hydrogens (tertiary/aromatic N) is 3. The smallest absolute Gasteiger partial charge is 0.275 e. The summed E-state index contributed by atoms with van der Waals surface area (Å²) in [6.07, 6.45) is 1.45. The molecule has 7 nitrogen and oxygen atoms in total. The molecule has 0 amide bonds. The number of hydrogen-bond acceptors (Lipinski definition) is 5. The van der Waals surface area contributed by atoms with Crippen molar-refractivity contribution in [3.05, 3.63) is 75.2 Å². The lowest BCUT2D eigenvalue weighted by Crippen LogP contribution is -1.99. The van der Waals surface area contributed by atoms with Crippen LogP contribution in [-0.4, -0.2) is 20.2 Å². The lowest BCUT2D eigenvalue weighted by atomic mass is 10.1. The summed E-state index contributed by atoms with van der Waals surface area (Å²) in [5.41, 5.74) is 2.09. The van der Waals surface area contributed by atoms with E-state index in [4.69, 9.17) is 16.3 Å². The first-order valence-corrected chi connectivity index (χ1v) is 8.37. The molecule has 0 atom stereocenters. The predicted molar refractivity (Wildman–Crippen MR) is 100 cm³/mol. The minimum absolute atomic E-state index is 0.278. The first-order chi connectivity index (χ1) is 13.1. The molecule has 0 aliphatic carbocycles. The van der Waals surface area contributed by atoms with E-state index in [1.165, 1.54) is 6.20 Å². The summed E-state index contributed by atoms with van der Waals surface area (Å²) in [5, 5.41) is 15.6. The third-order valence-electron chi connectivity index (χ3n) is 3.99. The van der Waals surface area contributed by atoms with E-state index in [9.17, 15) is 10.1 Å². The molecular formula is C19H12ClN5O2. The quantitative estimate of drug-likeness (QED) is 0.566. The second-order valence-electron chi connectivity index (χ2n) is 5.77. The zero-order chi connectivity index (χ0) is 18.8. The van der Waals surface area contributed by atoms with E-state index >= 15 is 0 Å². The average molecular weight is 378 g/mol. The van der Waals surface area contributed by atoms with Crippen LogP contribution in [0, 0.1) is 11.3 Å². The topological polar surface area (TPSA) is 107 Å². The number of nitriles is 1. The van der Waals surface area contributed by atoms with E-state index in [2.05, 4.69) is 26.2 Å². The Kier molecular flexibility index (Phi) is 4.32. The molecule has 0 saturated heterocycles. The summed E-state index contributed by atoms with van der Waals surface area (Å²) >= 11 is 5.87. The van der Waals surface area contributed by atoms with Crippen LogP contribution >= 0.6 is 11.6 Å². The zero-order valence-corrected chi connectivity index (χ0v) is 14.6. The molecule has 27 heavy (non-hydrogen) atoms. The zero-order valence-electron chi connectivity index (χ0n) is 13.9. The second-order valence-corrected chi connectivity index (χ2v) is 6.21. The van der Waals surface area contributed by atoms with Gasteiger partial charge in [-0.3, -0.25) is 15.0 Å². The SMILES string of the molecule is N#Cc1cc(-c2ncc3c(=O)[nH][nH]c3n2)ccc1OCc1ccc(Cl)cc1. The average Bonchev–Trinajstić information content (AvgIpc) is 3.07. The molecule has 2 N–H and O–H groups in total. The van der Waals surface area contributed by atoms with Crippen molar-refractivity contribution in [3.8, 4) is 23.2 Å². The Morgan fingerprint density at radius 2 is 1.96 bits per heavy atom. The molecule has 0 bridgehead atoms. The number of H-pyrrole nitrogens is 2. The van der Waals surface area contributed by atoms with Gasteiger partial charge < -0.3 is 4.74 Å². The highest BCUT2D eigenvalue weighted by atomic mass is 35.5. The molecule has 4 aromatic rings. The van der Waals surface area contributed by atoms with Crippen LogP contribution < -0.4 is 10.3 Å². The van der Waals surface area contributed by atoms with Crippen LogP contribution in [0.25, 0.3) is 22.4 Å². The van der Waals surface area contributed by atoms with Crippen molar-refractivity contribution in [2.24, 2.45) is 0 Å². The van der Waals surface area contributed by atoms with Gasteiger partial charge in [-0.15, -0.1) is 0 Å². The van der Waals surface area contributed by atoms with E-state index in [1.54, 1.807) is 30.3 Å². The number of ether oxygens (including phenoxy) is 1. The largest absolute Gasteiger partial charge is 0.488 e. The number of aromatic nitrogens is 4. The molecule has 0 aliphatic heterocycles. The van der Waals surface area contributed by atoms with Gasteiger partial charge in [-0.1, -0.05) is 23.7 Å². The van der Waals surface area contributed by atoms with E-state index in [1.807, 2.05) is 12.1 Å². The van der Waals surface area contributed by atoms with Crippen LogP contribution in [-0.2, 0) is 6.61 Å². The molecule has 4 rings (SSSR count). The Morgan fingerprint density at radius 1 is 1.15 bits per heavy atom. The maximum absolute atomic E-state index is 11.5. The van der Waals surface area contributed by atoms with E-state index in [-0.39, 0.29) is 5.56 Å². The van der Waals surface area contributed by atoms with Gasteiger partial charge in [0.25, 0.3) is 5.56 Å². The van der Waals surface area contributed by atoms with Gasteiger partial charge in [0.05, 0.1) is 5.56 Å². The van der Waals surface area contributed by atoms with Gasteiger partial charge in [0.2, 0.25) is 0 Å². The molecule has 132 valence electrons. The fourth-order valence-electron chi connectivity index (χ4n) is 2.59. The van der Waals surface area contributed by atoms with Crippen molar-refractivity contribution in [1.82, 2.24) is 20.2 Å². The highest BCUT2D eigenvalue weighted by molar-refractivity contribution is 6.30. The summed E-state index contributed by atoms with van der Waals surface area (Å²) in [5.74, 6) is 0.867. The predicted octanol–water partition coefficient (Wildman–Crippen LogP) is 3.42. The number of halogens is 1. The van der Waals surface area contributed by atoms with E-state index < -0.39 is 0 Å². The Balaban J connectivity index is 1.61. The molecular weight excluding hydrogens is 366 g/mol. The van der Waals surface area contributed by atoms with E-state index in [0.717, 1.165) is 5.56 Å². The molecule has 0 saturated carbocycles. The van der Waals surface area contributed by atoms with Crippen molar-refractivity contribution >= 4 is 22.6 Å². The maximum Gasteiger partial charge on any atom is 0.275 e. The van der Waals surface area contributed by atoms with Crippen LogP contribution in [0.15, 0.2) is 53.5 Å². The molecule has 0 aliphatic rings. The van der Waals surface area contributed by atoms with Gasteiger partial charge in [-0.2, -0.15) is 5.26 Å². The minimum Gasteiger partial charge on any atom is -0.488 e. The molecule has 0 fully saturated rings. The number of aromatic amines is 2. The standard InChI is InChI=1S/C19H12ClN5O2/c20-14-4-1-11(2-5-14)10-27-16-6-3-12(7-13(16)8-21)17-22-9-15-18(23-17)24-25-19(15)26/h1-7,9H,10H2,(H2,22,23,24,25,26). The first-order valence-electron chi connectivity index (χ1n) is 7.99. The molecule has 2 heterocycles. The Labute approximate surface area is 158 Å². The van der Waals surface area contributed by atoms with Crippen molar-refractivity contribution in [3.63, 3.8) is 0 Å². The summed E-state index contributed by atoms with van der Waals surface area (Å²) in [4.78, 5) is 20.1. The van der Waals surface area contributed by atoms with Crippen molar-refractivity contribution in [2.75, 3.05) is 0 Å². The molecule has 0 spiro atoms. The summed E-state index contributed by atoms with van der Waals surface area (Å²) in [6.45, 7) is 0.318. The summed E-state index contributed by atoms with van der Waals surface area (Å²) in [6, 6.07) is 14.6. The summed E-state index contributed by atoms with van der Waals surface area (Å²) in [7, 11) is 0. The lowest BCUT2D eigenvalue weighted by molar-refractivity contribution is 0.305. The van der Waals surface area contributed by atoms with Crippen molar-refractivity contribution < 1.29 is 4.74 Å². The Bertz CT molecular complexity index is 1220. The number of hydrogen-bond donors (Lipinski definition) is 2. The number of nitrogens with one attached hydrogen (secondary N) is 2. The first kappa shape index (κ1) is 16.8. The van der Waals surface area contributed by atoms with Crippen molar-refractivity contribution in [2.45, 2.75) is 6.61 Å². The monoisotopic (exact) mass is 377 g/mol. The fourth-order valence-corrected chi connectivity index (χ4v) is 2.72. The Morgan fingerprint density at radius 3 is 2.74 bits per heavy atom. The van der Waals surface area contributed by atoms with Crippen LogP contribution in [0.4, 0.5) is 0 Å². The number of rotatable bonds is 4. The van der Waals surface area contributed by atoms with Crippen LogP contribution in [0.5, 0.6) is 5.75 Å². The minimum atomic E-state index is -0.278. The molecule has 0 radical (unpaired) electrons. The number of benzene rings is 2. The van der Waals surface area contributed by atoms with Crippen molar-refractivity contribution in [1.29, 1.82) is 5.26 Å². The highest BCUT2D eigenvalue weighted by Gasteiger charge is 2.11. The van der Waals surface area contributed by atoms with Gasteiger partial charge >= 0.3 is 0 Å². The third-order valence-corrected chi connectivity index (χ3v) is 4.25. The third kappa shape index (κ3) is 3.38. The fraction of sp³-hybridized carbons (Fsp3) is 0.0526. The van der Waals surface area contributed by atoms with Gasteiger partial charge in [0, 0.05) is 16.8 Å². The van der Waals surface area contributed by atoms with Crippen LogP contribution in [0.3, 0.4) is 0 Å². The van der Waals surface area contributed by atoms with Gasteiger partial charge in [0.15, 0.2) is 11.5 Å². The number of fused-ring (bicyclic) bond motifs is 1. The van der Waals surface area contributed by atoms with Gasteiger partial charge in [-0.05, 0) is 35.9 Å². The lowest BCUT2D eigenvalue weighted by Gasteiger charge is -2.09. The molecule has 8 heteroatoms. The van der Waals surface area contributed by atoms with Crippen LogP contribution in [0.2, 0.25) is 5.02 Å². The van der Waals surface area contributed by atoms with Gasteiger partial charge in [-0.25, -0.2) is 9.97 Å². The highest BCUT2D eigenvalue weighted by Crippen LogP contribution is 2.25. The second kappa shape index (κ2) is 6.94. The van der Waals surface area contributed by atoms with E-state index in [0.29, 0.717) is 45.4 Å². The molecule has 2 aromatic carbocycles.